The van der Waals surface area contributed by atoms with Crippen molar-refractivity contribution in [2.75, 3.05) is 0 Å². The minimum atomic E-state index is -0.791. The molecule has 1 aliphatic heterocycles. The van der Waals surface area contributed by atoms with Gasteiger partial charge in [-0.05, 0) is 24.8 Å². The number of benzene rings is 1. The van der Waals surface area contributed by atoms with Crippen LogP contribution < -0.4 is 5.32 Å². The maximum absolute atomic E-state index is 10.8. The van der Waals surface area contributed by atoms with E-state index in [1.807, 2.05) is 6.07 Å². The van der Waals surface area contributed by atoms with Gasteiger partial charge in [-0.1, -0.05) is 60.7 Å². The molecule has 0 bridgehead atoms. The maximum Gasteiger partial charge on any atom is 0.140 e. The van der Waals surface area contributed by atoms with E-state index in [4.69, 9.17) is 12.2 Å². The Morgan fingerprint density at radius 3 is 2.83 bits per heavy atom. The monoisotopic (exact) mass is 279 g/mol. The molecule has 1 aromatic carbocycles. The fourth-order valence-electron chi connectivity index (χ4n) is 3.09. The zero-order valence-corrected chi connectivity index (χ0v) is 11.8. The molecule has 2 fully saturated rings. The molecule has 3 rings (SSSR count). The minimum Gasteiger partial charge on any atom is -0.371 e. The highest BCUT2D eigenvalue weighted by molar-refractivity contribution is 8.23. The predicted molar refractivity (Wildman–Crippen MR) is 79.4 cm³/mol. The van der Waals surface area contributed by atoms with Crippen molar-refractivity contribution in [1.29, 1.82) is 0 Å². The van der Waals surface area contributed by atoms with Gasteiger partial charge in [-0.2, -0.15) is 0 Å². The summed E-state index contributed by atoms with van der Waals surface area (Å²) >= 11 is 7.00. The fraction of sp³-hybridized carbons (Fsp3) is 0.500. The highest BCUT2D eigenvalue weighted by Gasteiger charge is 2.48. The first-order chi connectivity index (χ1) is 8.69. The molecule has 2 nitrogen and oxygen atoms in total. The molecule has 0 spiro atoms. The van der Waals surface area contributed by atoms with E-state index >= 15 is 0 Å². The van der Waals surface area contributed by atoms with E-state index in [0.717, 1.165) is 23.6 Å². The van der Waals surface area contributed by atoms with Gasteiger partial charge in [-0.25, -0.2) is 0 Å². The Labute approximate surface area is 117 Å². The molecular formula is C14H17NOS2. The molecule has 1 saturated heterocycles. The molecule has 3 atom stereocenters. The van der Waals surface area contributed by atoms with Crippen LogP contribution in [0.5, 0.6) is 0 Å². The van der Waals surface area contributed by atoms with Crippen LogP contribution in [0.2, 0.25) is 0 Å². The second kappa shape index (κ2) is 4.83. The number of fused-ring (bicyclic) bond motifs is 1. The van der Waals surface area contributed by atoms with E-state index in [-0.39, 0.29) is 11.2 Å². The van der Waals surface area contributed by atoms with Crippen LogP contribution in [0.4, 0.5) is 0 Å². The van der Waals surface area contributed by atoms with Gasteiger partial charge in [0.05, 0.1) is 0 Å². The smallest absolute Gasteiger partial charge is 0.140 e. The molecule has 96 valence electrons. The molecule has 1 saturated carbocycles. The molecule has 0 radical (unpaired) electrons. The summed E-state index contributed by atoms with van der Waals surface area (Å²) in [4.78, 5) is 0. The summed E-state index contributed by atoms with van der Waals surface area (Å²) in [7, 11) is 0. The molecule has 1 aromatic rings. The first-order valence-corrected chi connectivity index (χ1v) is 7.74. The Kier molecular flexibility index (Phi) is 3.34. The molecule has 0 unspecified atom stereocenters. The number of hydrogen-bond acceptors (Lipinski definition) is 3. The van der Waals surface area contributed by atoms with E-state index < -0.39 is 5.72 Å². The Morgan fingerprint density at radius 1 is 1.28 bits per heavy atom. The summed E-state index contributed by atoms with van der Waals surface area (Å²) < 4.78 is 0.726. The third-order valence-electron chi connectivity index (χ3n) is 3.98. The van der Waals surface area contributed by atoms with Crippen molar-refractivity contribution >= 4 is 28.3 Å². The Balaban J connectivity index is 1.95. The summed E-state index contributed by atoms with van der Waals surface area (Å²) in [5, 5.41) is 14.2. The van der Waals surface area contributed by atoms with Crippen molar-refractivity contribution in [2.24, 2.45) is 5.92 Å². The number of hydrogen-bond donors (Lipinski definition) is 2. The molecule has 2 N–H and O–H groups in total. The van der Waals surface area contributed by atoms with Crippen LogP contribution in [0.25, 0.3) is 0 Å². The average molecular weight is 279 g/mol. The molecule has 1 heterocycles. The summed E-state index contributed by atoms with van der Waals surface area (Å²) in [6, 6.07) is 10.4. The fourth-order valence-corrected chi connectivity index (χ4v) is 4.86. The summed E-state index contributed by atoms with van der Waals surface area (Å²) in [6.07, 6.45) is 4.15. The first kappa shape index (κ1) is 12.5. The summed E-state index contributed by atoms with van der Waals surface area (Å²) in [5.74, 6) is 0.255. The van der Waals surface area contributed by atoms with Gasteiger partial charge in [0.2, 0.25) is 0 Å². The van der Waals surface area contributed by atoms with Gasteiger partial charge in [0.25, 0.3) is 0 Å². The number of thioether (sulfide) groups is 1. The van der Waals surface area contributed by atoms with Crippen molar-refractivity contribution < 1.29 is 5.11 Å². The van der Waals surface area contributed by atoms with Gasteiger partial charge in [0.15, 0.2) is 0 Å². The van der Waals surface area contributed by atoms with Crippen LogP contribution >= 0.6 is 24.0 Å². The topological polar surface area (TPSA) is 32.3 Å². The number of nitrogens with one attached hydrogen (secondary N) is 1. The quantitative estimate of drug-likeness (QED) is 0.773. The second-order valence-corrected chi connectivity index (χ2v) is 6.96. The highest BCUT2D eigenvalue weighted by atomic mass is 32.2. The normalized spacial score (nSPS) is 35.7. The SMILES string of the molecule is O[C@]12CCCC[C@@H]1[C@@H](c1ccccc1)SC(=S)N2. The van der Waals surface area contributed by atoms with Crippen molar-refractivity contribution in [1.82, 2.24) is 5.32 Å². The van der Waals surface area contributed by atoms with E-state index in [9.17, 15) is 5.11 Å². The van der Waals surface area contributed by atoms with Crippen molar-refractivity contribution in [3.05, 3.63) is 35.9 Å². The summed E-state index contributed by atoms with van der Waals surface area (Å²) in [6.45, 7) is 0. The second-order valence-electron chi connectivity index (χ2n) is 5.14. The van der Waals surface area contributed by atoms with Gasteiger partial charge >= 0.3 is 0 Å². The lowest BCUT2D eigenvalue weighted by molar-refractivity contribution is -0.0632. The molecule has 2 aliphatic rings. The standard InChI is InChI=1S/C14H17NOS2/c16-14-9-5-4-8-11(14)12(18-13(17)15-14)10-6-2-1-3-7-10/h1-3,6-7,11-12,16H,4-5,8-9H2,(H,15,17)/t11-,12-,14-/m1/s1. The van der Waals surface area contributed by atoms with Crippen LogP contribution in [-0.4, -0.2) is 15.2 Å². The highest BCUT2D eigenvalue weighted by Crippen LogP contribution is 2.50. The molecule has 4 heteroatoms. The zero-order chi connectivity index (χ0) is 12.6. The van der Waals surface area contributed by atoms with E-state index in [0.29, 0.717) is 0 Å². The summed E-state index contributed by atoms with van der Waals surface area (Å²) in [5.41, 5.74) is 0.484. The molecule has 0 amide bonds. The van der Waals surface area contributed by atoms with E-state index in [1.54, 1.807) is 11.8 Å². The van der Waals surface area contributed by atoms with Crippen LogP contribution in [0.3, 0.4) is 0 Å². The average Bonchev–Trinajstić information content (AvgIpc) is 2.37. The van der Waals surface area contributed by atoms with E-state index in [1.165, 1.54) is 12.0 Å². The number of rotatable bonds is 1. The van der Waals surface area contributed by atoms with Crippen molar-refractivity contribution in [3.63, 3.8) is 0 Å². The molecule has 1 aliphatic carbocycles. The molecular weight excluding hydrogens is 262 g/mol. The Bertz CT molecular complexity index is 450. The predicted octanol–water partition coefficient (Wildman–Crippen LogP) is 3.23. The van der Waals surface area contributed by atoms with Gasteiger partial charge in [-0.15, -0.1) is 0 Å². The van der Waals surface area contributed by atoms with Gasteiger partial charge in [0, 0.05) is 11.2 Å². The zero-order valence-electron chi connectivity index (χ0n) is 10.1. The third-order valence-corrected chi connectivity index (χ3v) is 5.54. The largest absolute Gasteiger partial charge is 0.371 e. The minimum absolute atomic E-state index is 0.255. The van der Waals surface area contributed by atoms with Crippen LogP contribution in [0.1, 0.15) is 36.5 Å². The maximum atomic E-state index is 10.8. The Hall–Kier alpha value is -0.580. The van der Waals surface area contributed by atoms with Gasteiger partial charge in [-0.3, -0.25) is 0 Å². The number of thiocarbonyl (C=S) groups is 1. The van der Waals surface area contributed by atoms with Crippen LogP contribution in [0.15, 0.2) is 30.3 Å². The lowest BCUT2D eigenvalue weighted by Crippen LogP contribution is -2.58. The van der Waals surface area contributed by atoms with Gasteiger partial charge in [0.1, 0.15) is 10.0 Å². The first-order valence-electron chi connectivity index (χ1n) is 6.45. The van der Waals surface area contributed by atoms with Crippen LogP contribution in [-0.2, 0) is 0 Å². The third kappa shape index (κ3) is 2.17. The van der Waals surface area contributed by atoms with Gasteiger partial charge < -0.3 is 10.4 Å². The lowest BCUT2D eigenvalue weighted by atomic mass is 9.77. The molecule has 0 aromatic heterocycles. The van der Waals surface area contributed by atoms with E-state index in [2.05, 4.69) is 29.6 Å². The number of aliphatic hydroxyl groups is 1. The van der Waals surface area contributed by atoms with Crippen LogP contribution in [0, 0.1) is 5.92 Å². The Morgan fingerprint density at radius 2 is 2.06 bits per heavy atom. The van der Waals surface area contributed by atoms with Crippen molar-refractivity contribution in [2.45, 2.75) is 36.7 Å². The lowest BCUT2D eigenvalue weighted by Gasteiger charge is -2.48. The molecule has 18 heavy (non-hydrogen) atoms. The van der Waals surface area contributed by atoms with Crippen molar-refractivity contribution in [3.8, 4) is 0 Å².